The fourth-order valence-electron chi connectivity index (χ4n) is 1.75. The van der Waals surface area contributed by atoms with Crippen molar-refractivity contribution in [3.63, 3.8) is 0 Å². The van der Waals surface area contributed by atoms with Gasteiger partial charge in [-0.1, -0.05) is 6.92 Å². The molecule has 0 bridgehead atoms. The Kier molecular flexibility index (Phi) is 4.44. The highest BCUT2D eigenvalue weighted by Gasteiger charge is 2.17. The summed E-state index contributed by atoms with van der Waals surface area (Å²) in [7, 11) is 1.78. The third kappa shape index (κ3) is 2.85. The van der Waals surface area contributed by atoms with Crippen LogP contribution in [-0.4, -0.2) is 39.4 Å². The van der Waals surface area contributed by atoms with E-state index in [0.717, 1.165) is 28.5 Å². The maximum absolute atomic E-state index is 12.1. The van der Waals surface area contributed by atoms with Gasteiger partial charge in [-0.2, -0.15) is 0 Å². The predicted octanol–water partition coefficient (Wildman–Crippen LogP) is 2.56. The summed E-state index contributed by atoms with van der Waals surface area (Å²) >= 11 is 1.37. The number of aromatic nitrogens is 3. The Hall–Kier alpha value is -1.82. The molecule has 2 aromatic heterocycles. The van der Waals surface area contributed by atoms with Crippen LogP contribution in [0.15, 0.2) is 12.4 Å². The molecule has 0 N–H and O–H groups in total. The van der Waals surface area contributed by atoms with Crippen molar-refractivity contribution >= 4 is 17.2 Å². The van der Waals surface area contributed by atoms with Crippen molar-refractivity contribution in [1.29, 1.82) is 0 Å². The maximum Gasteiger partial charge on any atom is 0.265 e. The molecule has 2 heterocycles. The number of nitrogens with zero attached hydrogens (tertiary/aromatic N) is 4. The zero-order valence-electron chi connectivity index (χ0n) is 12.2. The Labute approximate surface area is 122 Å². The summed E-state index contributed by atoms with van der Waals surface area (Å²) in [4.78, 5) is 27.6. The summed E-state index contributed by atoms with van der Waals surface area (Å²) in [5.74, 6) is -0.00471. The van der Waals surface area contributed by atoms with E-state index in [1.165, 1.54) is 11.3 Å². The Morgan fingerprint density at radius 1 is 1.30 bits per heavy atom. The van der Waals surface area contributed by atoms with E-state index >= 15 is 0 Å². The second kappa shape index (κ2) is 6.09. The Morgan fingerprint density at radius 3 is 2.70 bits per heavy atom. The molecule has 0 spiro atoms. The standard InChI is InChI=1S/C14H18N4OS/c1-5-10-12(17-9(3)7-15-10)13-16-8-11(20-13)14(19)18(4)6-2/h7-8H,5-6H2,1-4H3. The molecule has 0 aliphatic carbocycles. The molecule has 0 aliphatic heterocycles. The fraction of sp³-hybridized carbons (Fsp3) is 0.429. The van der Waals surface area contributed by atoms with Crippen LogP contribution in [0, 0.1) is 6.92 Å². The molecule has 20 heavy (non-hydrogen) atoms. The second-order valence-electron chi connectivity index (χ2n) is 4.51. The molecule has 0 unspecified atom stereocenters. The molecular formula is C14H18N4OS. The van der Waals surface area contributed by atoms with Gasteiger partial charge in [0.1, 0.15) is 15.6 Å². The van der Waals surface area contributed by atoms with Gasteiger partial charge in [0.15, 0.2) is 0 Å². The normalized spacial score (nSPS) is 10.6. The van der Waals surface area contributed by atoms with Crippen molar-refractivity contribution in [2.45, 2.75) is 27.2 Å². The number of amides is 1. The first-order valence-corrected chi connectivity index (χ1v) is 7.42. The molecule has 0 saturated carbocycles. The number of hydrogen-bond donors (Lipinski definition) is 0. The highest BCUT2D eigenvalue weighted by molar-refractivity contribution is 7.16. The number of carbonyl (C=O) groups is 1. The quantitative estimate of drug-likeness (QED) is 0.868. The van der Waals surface area contributed by atoms with Gasteiger partial charge in [0.2, 0.25) is 0 Å². The summed E-state index contributed by atoms with van der Waals surface area (Å²) < 4.78 is 0. The van der Waals surface area contributed by atoms with Crippen LogP contribution in [-0.2, 0) is 6.42 Å². The predicted molar refractivity (Wildman–Crippen MR) is 79.9 cm³/mol. The Balaban J connectivity index is 2.38. The summed E-state index contributed by atoms with van der Waals surface area (Å²) in [5.41, 5.74) is 2.55. The number of hydrogen-bond acceptors (Lipinski definition) is 5. The molecule has 1 amide bonds. The summed E-state index contributed by atoms with van der Waals surface area (Å²) in [5, 5.41) is 0.755. The first-order valence-electron chi connectivity index (χ1n) is 6.61. The molecule has 0 aromatic carbocycles. The van der Waals surface area contributed by atoms with E-state index in [2.05, 4.69) is 15.0 Å². The van der Waals surface area contributed by atoms with E-state index in [1.807, 2.05) is 20.8 Å². The van der Waals surface area contributed by atoms with Crippen molar-refractivity contribution in [2.24, 2.45) is 0 Å². The molecule has 2 rings (SSSR count). The Morgan fingerprint density at radius 2 is 2.05 bits per heavy atom. The van der Waals surface area contributed by atoms with Gasteiger partial charge in [0.25, 0.3) is 5.91 Å². The van der Waals surface area contributed by atoms with E-state index in [9.17, 15) is 4.79 Å². The van der Waals surface area contributed by atoms with E-state index < -0.39 is 0 Å². The van der Waals surface area contributed by atoms with Crippen LogP contribution in [0.3, 0.4) is 0 Å². The van der Waals surface area contributed by atoms with E-state index in [0.29, 0.717) is 11.4 Å². The molecule has 0 atom stereocenters. The van der Waals surface area contributed by atoms with Crippen molar-refractivity contribution in [3.05, 3.63) is 28.7 Å². The summed E-state index contributed by atoms with van der Waals surface area (Å²) in [6.07, 6.45) is 4.17. The van der Waals surface area contributed by atoms with Crippen molar-refractivity contribution in [2.75, 3.05) is 13.6 Å². The first-order chi connectivity index (χ1) is 9.56. The molecule has 5 nitrogen and oxygen atoms in total. The molecule has 2 aromatic rings. The lowest BCUT2D eigenvalue weighted by Gasteiger charge is -2.11. The molecule has 0 fully saturated rings. The lowest BCUT2D eigenvalue weighted by molar-refractivity contribution is 0.0807. The average Bonchev–Trinajstić information content (AvgIpc) is 2.95. The Bertz CT molecular complexity index is 623. The zero-order valence-corrected chi connectivity index (χ0v) is 13.0. The topological polar surface area (TPSA) is 59.0 Å². The number of aryl methyl sites for hydroxylation is 2. The lowest BCUT2D eigenvalue weighted by atomic mass is 10.2. The van der Waals surface area contributed by atoms with Crippen LogP contribution >= 0.6 is 11.3 Å². The minimum Gasteiger partial charge on any atom is -0.341 e. The van der Waals surface area contributed by atoms with E-state index in [1.54, 1.807) is 24.3 Å². The van der Waals surface area contributed by atoms with E-state index in [4.69, 9.17) is 0 Å². The van der Waals surface area contributed by atoms with Crippen LogP contribution < -0.4 is 0 Å². The molecule has 106 valence electrons. The third-order valence-electron chi connectivity index (χ3n) is 3.04. The monoisotopic (exact) mass is 290 g/mol. The van der Waals surface area contributed by atoms with Gasteiger partial charge in [-0.3, -0.25) is 9.78 Å². The van der Waals surface area contributed by atoms with Gasteiger partial charge < -0.3 is 4.90 Å². The van der Waals surface area contributed by atoms with Crippen LogP contribution in [0.1, 0.15) is 34.9 Å². The van der Waals surface area contributed by atoms with Gasteiger partial charge in [-0.05, 0) is 20.3 Å². The molecule has 0 aliphatic rings. The molecule has 6 heteroatoms. The van der Waals surface area contributed by atoms with Crippen LogP contribution in [0.5, 0.6) is 0 Å². The van der Waals surface area contributed by atoms with E-state index in [-0.39, 0.29) is 5.91 Å². The van der Waals surface area contributed by atoms with Crippen molar-refractivity contribution in [1.82, 2.24) is 19.9 Å². The maximum atomic E-state index is 12.1. The van der Waals surface area contributed by atoms with Crippen LogP contribution in [0.4, 0.5) is 0 Å². The van der Waals surface area contributed by atoms with Crippen molar-refractivity contribution < 1.29 is 4.79 Å². The SMILES string of the molecule is CCc1ncc(C)nc1-c1ncc(C(=O)N(C)CC)s1. The fourth-order valence-corrected chi connectivity index (χ4v) is 2.67. The number of thiazole rings is 1. The zero-order chi connectivity index (χ0) is 14.7. The summed E-state index contributed by atoms with van der Waals surface area (Å²) in [6, 6.07) is 0. The smallest absolute Gasteiger partial charge is 0.265 e. The minimum atomic E-state index is -0.00471. The third-order valence-corrected chi connectivity index (χ3v) is 4.04. The largest absolute Gasteiger partial charge is 0.341 e. The van der Waals surface area contributed by atoms with Crippen LogP contribution in [0.2, 0.25) is 0 Å². The lowest BCUT2D eigenvalue weighted by Crippen LogP contribution is -2.25. The van der Waals surface area contributed by atoms with Gasteiger partial charge >= 0.3 is 0 Å². The molecule has 0 radical (unpaired) electrons. The first kappa shape index (κ1) is 14.6. The van der Waals surface area contributed by atoms with Gasteiger partial charge in [0.05, 0.1) is 17.6 Å². The van der Waals surface area contributed by atoms with Gasteiger partial charge in [-0.25, -0.2) is 9.97 Å². The van der Waals surface area contributed by atoms with Gasteiger partial charge in [0, 0.05) is 19.8 Å². The average molecular weight is 290 g/mol. The number of rotatable bonds is 4. The second-order valence-corrected chi connectivity index (χ2v) is 5.54. The highest BCUT2D eigenvalue weighted by Crippen LogP contribution is 2.26. The minimum absolute atomic E-state index is 0.00471. The summed E-state index contributed by atoms with van der Waals surface area (Å²) in [6.45, 7) is 6.56. The molecule has 0 saturated heterocycles. The molecular weight excluding hydrogens is 272 g/mol. The van der Waals surface area contributed by atoms with Crippen LogP contribution in [0.25, 0.3) is 10.7 Å². The van der Waals surface area contributed by atoms with Crippen molar-refractivity contribution in [3.8, 4) is 10.7 Å². The highest BCUT2D eigenvalue weighted by atomic mass is 32.1. The number of carbonyl (C=O) groups excluding carboxylic acids is 1. The van der Waals surface area contributed by atoms with Gasteiger partial charge in [-0.15, -0.1) is 11.3 Å².